The smallest absolute Gasteiger partial charge is 0.240 e. The van der Waals surface area contributed by atoms with Crippen molar-refractivity contribution in [2.45, 2.75) is 43.7 Å². The number of nitrogens with two attached hydrogens (primary N) is 1. The van der Waals surface area contributed by atoms with Gasteiger partial charge >= 0.3 is 0 Å². The van der Waals surface area contributed by atoms with E-state index in [0.29, 0.717) is 19.1 Å². The lowest BCUT2D eigenvalue weighted by molar-refractivity contribution is -0.127. The Labute approximate surface area is 84.6 Å². The maximum atomic E-state index is 11.3. The van der Waals surface area contributed by atoms with E-state index in [0.717, 1.165) is 0 Å². The van der Waals surface area contributed by atoms with E-state index in [1.807, 2.05) is 0 Å². The van der Waals surface area contributed by atoms with E-state index in [4.69, 9.17) is 5.73 Å². The molecule has 0 aromatic rings. The molecule has 4 heteroatoms. The van der Waals surface area contributed by atoms with Crippen LogP contribution < -0.4 is 16.4 Å². The number of rotatable bonds is 3. The molecule has 1 amide bonds. The first kappa shape index (κ1) is 9.93. The molecule has 4 nitrogen and oxygen atoms in total. The monoisotopic (exact) mass is 197 g/mol. The Morgan fingerprint density at radius 1 is 1.29 bits per heavy atom. The van der Waals surface area contributed by atoms with Gasteiger partial charge in [-0.15, -0.1) is 0 Å². The Hall–Kier alpha value is -0.610. The molecule has 0 atom stereocenters. The lowest BCUT2D eigenvalue weighted by Crippen LogP contribution is -2.75. The van der Waals surface area contributed by atoms with Crippen molar-refractivity contribution in [3.05, 3.63) is 0 Å². The zero-order valence-electron chi connectivity index (χ0n) is 8.51. The second kappa shape index (κ2) is 3.87. The highest BCUT2D eigenvalue weighted by Gasteiger charge is 2.43. The van der Waals surface area contributed by atoms with Crippen LogP contribution in [0, 0.1) is 0 Å². The van der Waals surface area contributed by atoms with Crippen LogP contribution in [-0.4, -0.2) is 30.6 Å². The van der Waals surface area contributed by atoms with Gasteiger partial charge in [-0.1, -0.05) is 19.3 Å². The third kappa shape index (κ3) is 1.77. The minimum atomic E-state index is -0.442. The first-order valence-corrected chi connectivity index (χ1v) is 5.51. The van der Waals surface area contributed by atoms with Crippen molar-refractivity contribution in [3.8, 4) is 0 Å². The largest absolute Gasteiger partial charge is 0.368 e. The van der Waals surface area contributed by atoms with Crippen LogP contribution in [0.4, 0.5) is 0 Å². The lowest BCUT2D eigenvalue weighted by atomic mass is 9.87. The van der Waals surface area contributed by atoms with Crippen LogP contribution in [0.1, 0.15) is 32.1 Å². The predicted octanol–water partition coefficient (Wildman–Crippen LogP) is -0.264. The summed E-state index contributed by atoms with van der Waals surface area (Å²) in [5, 5.41) is 6.54. The molecule has 80 valence electrons. The van der Waals surface area contributed by atoms with Gasteiger partial charge in [0, 0.05) is 19.1 Å². The van der Waals surface area contributed by atoms with Gasteiger partial charge in [-0.05, 0) is 12.8 Å². The van der Waals surface area contributed by atoms with E-state index in [1.165, 1.54) is 32.1 Å². The number of amides is 1. The molecule has 1 saturated carbocycles. The van der Waals surface area contributed by atoms with Gasteiger partial charge in [-0.3, -0.25) is 10.1 Å². The van der Waals surface area contributed by atoms with E-state index in [1.54, 1.807) is 0 Å². The highest BCUT2D eigenvalue weighted by Crippen LogP contribution is 2.21. The van der Waals surface area contributed by atoms with Crippen LogP contribution in [-0.2, 0) is 4.79 Å². The van der Waals surface area contributed by atoms with Crippen molar-refractivity contribution in [1.29, 1.82) is 0 Å². The molecule has 2 fully saturated rings. The summed E-state index contributed by atoms with van der Waals surface area (Å²) < 4.78 is 0. The Morgan fingerprint density at radius 2 is 1.93 bits per heavy atom. The topological polar surface area (TPSA) is 67.2 Å². The molecule has 1 aliphatic carbocycles. The normalized spacial score (nSPS) is 26.9. The average molecular weight is 197 g/mol. The second-order valence-electron chi connectivity index (χ2n) is 4.53. The fourth-order valence-corrected chi connectivity index (χ4v) is 2.36. The molecule has 1 saturated heterocycles. The Balaban J connectivity index is 1.90. The lowest BCUT2D eigenvalue weighted by Gasteiger charge is -2.43. The molecule has 0 aromatic carbocycles. The van der Waals surface area contributed by atoms with Gasteiger partial charge in [0.1, 0.15) is 5.54 Å². The van der Waals surface area contributed by atoms with Crippen LogP contribution >= 0.6 is 0 Å². The molecular weight excluding hydrogens is 178 g/mol. The van der Waals surface area contributed by atoms with Gasteiger partial charge < -0.3 is 11.1 Å². The summed E-state index contributed by atoms with van der Waals surface area (Å²) in [6, 6.07) is 0.498. The van der Waals surface area contributed by atoms with Gasteiger partial charge in [-0.2, -0.15) is 0 Å². The molecule has 1 aliphatic heterocycles. The van der Waals surface area contributed by atoms with Crippen LogP contribution in [0.3, 0.4) is 0 Å². The Kier molecular flexibility index (Phi) is 2.74. The van der Waals surface area contributed by atoms with Crippen molar-refractivity contribution < 1.29 is 4.79 Å². The zero-order valence-corrected chi connectivity index (χ0v) is 8.51. The van der Waals surface area contributed by atoms with Crippen molar-refractivity contribution in [1.82, 2.24) is 10.6 Å². The van der Waals surface area contributed by atoms with Gasteiger partial charge in [0.15, 0.2) is 0 Å². The minimum absolute atomic E-state index is 0.207. The summed E-state index contributed by atoms with van der Waals surface area (Å²) in [7, 11) is 0. The summed E-state index contributed by atoms with van der Waals surface area (Å²) in [4.78, 5) is 11.3. The van der Waals surface area contributed by atoms with Crippen LogP contribution in [0.2, 0.25) is 0 Å². The van der Waals surface area contributed by atoms with Gasteiger partial charge in [0.2, 0.25) is 5.91 Å². The number of nitrogens with one attached hydrogen (secondary N) is 2. The molecule has 4 N–H and O–H groups in total. The van der Waals surface area contributed by atoms with Gasteiger partial charge in [-0.25, -0.2) is 0 Å². The van der Waals surface area contributed by atoms with Gasteiger partial charge in [0.05, 0.1) is 0 Å². The molecule has 0 radical (unpaired) electrons. The van der Waals surface area contributed by atoms with Crippen LogP contribution in [0.15, 0.2) is 0 Å². The van der Waals surface area contributed by atoms with Crippen LogP contribution in [0.25, 0.3) is 0 Å². The van der Waals surface area contributed by atoms with E-state index < -0.39 is 5.54 Å². The molecule has 14 heavy (non-hydrogen) atoms. The molecule has 0 aromatic heterocycles. The van der Waals surface area contributed by atoms with E-state index in [-0.39, 0.29) is 5.91 Å². The molecule has 0 spiro atoms. The molecule has 2 rings (SSSR count). The molecule has 1 heterocycles. The van der Waals surface area contributed by atoms with Crippen molar-refractivity contribution in [2.75, 3.05) is 13.1 Å². The van der Waals surface area contributed by atoms with Crippen molar-refractivity contribution in [3.63, 3.8) is 0 Å². The quantitative estimate of drug-likeness (QED) is 0.584. The fourth-order valence-electron chi connectivity index (χ4n) is 2.36. The average Bonchev–Trinajstić information content (AvgIpc) is 2.12. The highest BCUT2D eigenvalue weighted by atomic mass is 16.1. The fraction of sp³-hybridized carbons (Fsp3) is 0.900. The molecule has 2 aliphatic rings. The maximum absolute atomic E-state index is 11.3. The summed E-state index contributed by atoms with van der Waals surface area (Å²) in [6.45, 7) is 1.39. The van der Waals surface area contributed by atoms with Crippen molar-refractivity contribution >= 4 is 5.91 Å². The number of carbonyl (C=O) groups is 1. The van der Waals surface area contributed by atoms with Crippen molar-refractivity contribution in [2.24, 2.45) is 5.73 Å². The molecule has 0 bridgehead atoms. The second-order valence-corrected chi connectivity index (χ2v) is 4.53. The maximum Gasteiger partial charge on any atom is 0.240 e. The number of carbonyl (C=O) groups excluding carboxylic acids is 1. The Morgan fingerprint density at radius 3 is 2.36 bits per heavy atom. The van der Waals surface area contributed by atoms with E-state index >= 15 is 0 Å². The van der Waals surface area contributed by atoms with Gasteiger partial charge in [0.25, 0.3) is 0 Å². The summed E-state index contributed by atoms with van der Waals surface area (Å²) in [5.41, 5.74) is 4.97. The zero-order chi connectivity index (χ0) is 10.0. The first-order valence-electron chi connectivity index (χ1n) is 5.51. The summed E-state index contributed by atoms with van der Waals surface area (Å²) in [5.74, 6) is -0.207. The highest BCUT2D eigenvalue weighted by molar-refractivity contribution is 5.86. The minimum Gasteiger partial charge on any atom is -0.368 e. The third-order valence-corrected chi connectivity index (χ3v) is 3.41. The Bertz CT molecular complexity index is 219. The number of hydrogen-bond acceptors (Lipinski definition) is 3. The summed E-state index contributed by atoms with van der Waals surface area (Å²) >= 11 is 0. The number of hydrogen-bond donors (Lipinski definition) is 3. The van der Waals surface area contributed by atoms with E-state index in [9.17, 15) is 4.79 Å². The van der Waals surface area contributed by atoms with E-state index in [2.05, 4.69) is 10.6 Å². The molecule has 0 unspecified atom stereocenters. The molecular formula is C10H19N3O. The van der Waals surface area contributed by atoms with Crippen LogP contribution in [0.5, 0.6) is 0 Å². The SMILES string of the molecule is NC(=O)C1(NC2CCCCC2)CNC1. The third-order valence-electron chi connectivity index (χ3n) is 3.41. The summed E-state index contributed by atoms with van der Waals surface area (Å²) in [6.07, 6.45) is 6.27. The number of primary amides is 1. The standard InChI is InChI=1S/C10H19N3O/c11-9(14)10(6-12-7-10)13-8-4-2-1-3-5-8/h8,12-13H,1-7H2,(H2,11,14). The predicted molar refractivity (Wildman–Crippen MR) is 54.8 cm³/mol. The first-order chi connectivity index (χ1) is 6.73.